The number of hydrogen-bond donors (Lipinski definition) is 3. The molecule has 12 heteroatoms. The topological polar surface area (TPSA) is 144 Å². The van der Waals surface area contributed by atoms with Crippen LogP contribution in [0.15, 0.2) is 48.5 Å². The van der Waals surface area contributed by atoms with Crippen molar-refractivity contribution < 1.29 is 23.3 Å². The molecule has 0 bridgehead atoms. The van der Waals surface area contributed by atoms with Crippen LogP contribution in [0.4, 0.5) is 29.2 Å². The molecule has 1 heterocycles. The quantitative estimate of drug-likeness (QED) is 0.138. The van der Waals surface area contributed by atoms with Crippen LogP contribution in [0.3, 0.4) is 0 Å². The fourth-order valence-electron chi connectivity index (χ4n) is 3.46. The van der Waals surface area contributed by atoms with E-state index in [0.717, 1.165) is 25.7 Å². The van der Waals surface area contributed by atoms with Gasteiger partial charge in [0.15, 0.2) is 0 Å². The van der Waals surface area contributed by atoms with Crippen molar-refractivity contribution in [2.24, 2.45) is 0 Å². The first kappa shape index (κ1) is 31.5. The maximum Gasteiger partial charge on any atom is 0.338 e. The van der Waals surface area contributed by atoms with Gasteiger partial charge in [0.1, 0.15) is 0 Å². The average Bonchev–Trinajstić information content (AvgIpc) is 2.96. The number of anilines is 5. The molecule has 220 valence electrons. The van der Waals surface area contributed by atoms with Gasteiger partial charge >= 0.3 is 11.9 Å². The minimum absolute atomic E-state index is 0.276. The van der Waals surface area contributed by atoms with Gasteiger partial charge in [-0.25, -0.2) is 9.59 Å². The summed E-state index contributed by atoms with van der Waals surface area (Å²) < 4.78 is 21.9. The van der Waals surface area contributed by atoms with Crippen molar-refractivity contribution in [1.29, 1.82) is 0 Å². The third kappa shape index (κ3) is 11.1. The highest BCUT2D eigenvalue weighted by Gasteiger charge is 2.11. The smallest absolute Gasteiger partial charge is 0.338 e. The monoisotopic (exact) mass is 582 g/mol. The Morgan fingerprint density at radius 1 is 0.707 bits per heavy atom. The molecule has 0 saturated heterocycles. The minimum atomic E-state index is -0.885. The van der Waals surface area contributed by atoms with Crippen LogP contribution in [-0.4, -0.2) is 62.9 Å². The Labute approximate surface area is 243 Å². The number of hydrogen-bond acceptors (Lipinski definition) is 11. The summed E-state index contributed by atoms with van der Waals surface area (Å²) in [4.78, 5) is 37.8. The number of esters is 2. The first-order valence-corrected chi connectivity index (χ1v) is 15.5. The van der Waals surface area contributed by atoms with Gasteiger partial charge < -0.3 is 25.4 Å². The lowest BCUT2D eigenvalue weighted by Gasteiger charge is -2.12. The molecule has 1 atom stereocenters. The van der Waals surface area contributed by atoms with Gasteiger partial charge in [-0.15, -0.1) is 0 Å². The summed E-state index contributed by atoms with van der Waals surface area (Å²) in [6, 6.07) is 13.7. The lowest BCUT2D eigenvalue weighted by atomic mass is 10.2. The first-order valence-electron chi connectivity index (χ1n) is 13.8. The molecule has 2 aromatic carbocycles. The molecule has 0 aliphatic heterocycles. The van der Waals surface area contributed by atoms with E-state index in [9.17, 15) is 13.8 Å². The standard InChI is InChI=1S/C29H38N6O5S/c1-4-6-18-39-25(36)21-9-13-23(14-10-21)31-28-33-27(30-17-8-20-41(3)38)34-29(35-28)32-24-15-11-22(12-16-24)26(37)40-19-7-5-2/h9-16H,4-8,17-20H2,1-3H3,(H3,30,31,32,33,34,35). The Bertz CT molecular complexity index is 1200. The predicted octanol–water partition coefficient (Wildman–Crippen LogP) is 5.45. The molecule has 3 rings (SSSR count). The zero-order chi connectivity index (χ0) is 29.5. The number of nitrogens with zero attached hydrogens (tertiary/aromatic N) is 3. The van der Waals surface area contributed by atoms with Crippen LogP contribution in [0.5, 0.6) is 0 Å². The molecule has 0 radical (unpaired) electrons. The van der Waals surface area contributed by atoms with Crippen LogP contribution < -0.4 is 16.0 Å². The second-order valence-electron chi connectivity index (χ2n) is 9.25. The summed E-state index contributed by atoms with van der Waals surface area (Å²) in [7, 11) is -0.885. The molecule has 41 heavy (non-hydrogen) atoms. The number of benzene rings is 2. The van der Waals surface area contributed by atoms with Crippen LogP contribution >= 0.6 is 0 Å². The van der Waals surface area contributed by atoms with Crippen molar-refractivity contribution in [1.82, 2.24) is 15.0 Å². The molecular formula is C29H38N6O5S. The number of unbranched alkanes of at least 4 members (excludes halogenated alkanes) is 2. The molecule has 0 saturated carbocycles. The van der Waals surface area contributed by atoms with Gasteiger partial charge in [-0.3, -0.25) is 4.21 Å². The number of carbonyl (C=O) groups excluding carboxylic acids is 2. The SMILES string of the molecule is CCCCOC(=O)c1ccc(Nc2nc(NCCCS(C)=O)nc(Nc3ccc(C(=O)OCCCC)cc3)n2)cc1. The van der Waals surface area contributed by atoms with Gasteiger partial charge in [0.2, 0.25) is 17.8 Å². The minimum Gasteiger partial charge on any atom is -0.462 e. The van der Waals surface area contributed by atoms with Crippen molar-refractivity contribution in [3.8, 4) is 0 Å². The Kier molecular flexibility index (Phi) is 13.0. The molecule has 3 aromatic rings. The highest BCUT2D eigenvalue weighted by molar-refractivity contribution is 7.84. The highest BCUT2D eigenvalue weighted by atomic mass is 32.2. The molecule has 0 amide bonds. The molecule has 11 nitrogen and oxygen atoms in total. The Morgan fingerprint density at radius 2 is 1.15 bits per heavy atom. The first-order chi connectivity index (χ1) is 19.9. The Morgan fingerprint density at radius 3 is 1.56 bits per heavy atom. The van der Waals surface area contributed by atoms with E-state index in [1.807, 2.05) is 13.8 Å². The second-order valence-corrected chi connectivity index (χ2v) is 10.8. The van der Waals surface area contributed by atoms with Crippen LogP contribution in [0.25, 0.3) is 0 Å². The average molecular weight is 583 g/mol. The number of ether oxygens (including phenoxy) is 2. The van der Waals surface area contributed by atoms with E-state index in [-0.39, 0.29) is 23.8 Å². The van der Waals surface area contributed by atoms with Crippen LogP contribution in [0.1, 0.15) is 66.7 Å². The Balaban J connectivity index is 1.72. The van der Waals surface area contributed by atoms with Crippen molar-refractivity contribution in [2.75, 3.05) is 47.7 Å². The predicted molar refractivity (Wildman–Crippen MR) is 162 cm³/mol. The molecule has 0 fully saturated rings. The van der Waals surface area contributed by atoms with Gasteiger partial charge in [0.05, 0.1) is 24.3 Å². The summed E-state index contributed by atoms with van der Waals surface area (Å²) in [5, 5.41) is 9.43. The fraction of sp³-hybridized carbons (Fsp3) is 0.414. The maximum absolute atomic E-state index is 12.2. The summed E-state index contributed by atoms with van der Waals surface area (Å²) in [6.07, 6.45) is 5.90. The molecule has 0 aliphatic carbocycles. The van der Waals surface area contributed by atoms with E-state index < -0.39 is 10.8 Å². The van der Waals surface area contributed by atoms with Gasteiger partial charge in [0, 0.05) is 40.7 Å². The zero-order valence-corrected chi connectivity index (χ0v) is 24.6. The van der Waals surface area contributed by atoms with Gasteiger partial charge in [-0.05, 0) is 67.8 Å². The van der Waals surface area contributed by atoms with Crippen LogP contribution in [0.2, 0.25) is 0 Å². The highest BCUT2D eigenvalue weighted by Crippen LogP contribution is 2.20. The molecule has 3 N–H and O–H groups in total. The van der Waals surface area contributed by atoms with Crippen molar-refractivity contribution >= 4 is 52.0 Å². The lowest BCUT2D eigenvalue weighted by molar-refractivity contribution is 0.0490. The van der Waals surface area contributed by atoms with E-state index in [1.165, 1.54) is 0 Å². The van der Waals surface area contributed by atoms with Crippen molar-refractivity contribution in [3.05, 3.63) is 59.7 Å². The number of rotatable bonds is 17. The van der Waals surface area contributed by atoms with E-state index in [4.69, 9.17) is 9.47 Å². The lowest BCUT2D eigenvalue weighted by Crippen LogP contribution is -2.12. The van der Waals surface area contributed by atoms with E-state index >= 15 is 0 Å². The summed E-state index contributed by atoms with van der Waals surface area (Å²) in [5.41, 5.74) is 2.26. The zero-order valence-electron chi connectivity index (χ0n) is 23.8. The van der Waals surface area contributed by atoms with E-state index in [0.29, 0.717) is 60.4 Å². The van der Waals surface area contributed by atoms with Gasteiger partial charge in [-0.2, -0.15) is 15.0 Å². The van der Waals surface area contributed by atoms with Crippen LogP contribution in [-0.2, 0) is 20.3 Å². The summed E-state index contributed by atoms with van der Waals surface area (Å²) in [5.74, 6) is 0.721. The molecule has 1 aromatic heterocycles. The summed E-state index contributed by atoms with van der Waals surface area (Å²) >= 11 is 0. The van der Waals surface area contributed by atoms with Crippen molar-refractivity contribution in [3.63, 3.8) is 0 Å². The number of carbonyl (C=O) groups is 2. The normalized spacial score (nSPS) is 11.4. The summed E-state index contributed by atoms with van der Waals surface area (Å²) in [6.45, 7) is 5.40. The Hall–Kier alpha value is -4.06. The van der Waals surface area contributed by atoms with Gasteiger partial charge in [0.25, 0.3) is 0 Å². The maximum atomic E-state index is 12.2. The van der Waals surface area contributed by atoms with Crippen LogP contribution in [0, 0.1) is 0 Å². The number of nitrogens with one attached hydrogen (secondary N) is 3. The molecule has 1 unspecified atom stereocenters. The fourth-order valence-corrected chi connectivity index (χ4v) is 4.02. The second kappa shape index (κ2) is 16.9. The third-order valence-electron chi connectivity index (χ3n) is 5.74. The molecule has 0 spiro atoms. The molecular weight excluding hydrogens is 544 g/mol. The molecule has 0 aliphatic rings. The third-order valence-corrected chi connectivity index (χ3v) is 6.61. The van der Waals surface area contributed by atoms with Gasteiger partial charge in [-0.1, -0.05) is 26.7 Å². The largest absolute Gasteiger partial charge is 0.462 e. The van der Waals surface area contributed by atoms with E-state index in [2.05, 4.69) is 30.9 Å². The van der Waals surface area contributed by atoms with Crippen molar-refractivity contribution in [2.45, 2.75) is 46.0 Å². The number of aromatic nitrogens is 3. The van der Waals surface area contributed by atoms with E-state index in [1.54, 1.807) is 54.8 Å².